The Morgan fingerprint density at radius 2 is 2.00 bits per heavy atom. The van der Waals surface area contributed by atoms with Crippen LogP contribution in [0.1, 0.15) is 37.8 Å². The molecular formula is C14H22N2O. The van der Waals surface area contributed by atoms with Gasteiger partial charge in [0.05, 0.1) is 6.61 Å². The van der Waals surface area contributed by atoms with E-state index in [9.17, 15) is 0 Å². The summed E-state index contributed by atoms with van der Waals surface area (Å²) in [5.41, 5.74) is 7.27. The number of hydrogen-bond acceptors (Lipinski definition) is 2. The summed E-state index contributed by atoms with van der Waals surface area (Å²) in [6.07, 6.45) is 2.42. The first-order valence-corrected chi connectivity index (χ1v) is 6.14. The summed E-state index contributed by atoms with van der Waals surface area (Å²) in [7, 11) is 0. The van der Waals surface area contributed by atoms with E-state index in [1.54, 1.807) is 0 Å². The number of amidine groups is 1. The van der Waals surface area contributed by atoms with E-state index in [0.29, 0.717) is 12.5 Å². The second kappa shape index (κ2) is 7.07. The van der Waals surface area contributed by atoms with E-state index < -0.39 is 0 Å². The van der Waals surface area contributed by atoms with Crippen molar-refractivity contribution in [2.24, 2.45) is 11.7 Å². The fourth-order valence-electron chi connectivity index (χ4n) is 1.73. The Morgan fingerprint density at radius 1 is 1.35 bits per heavy atom. The highest BCUT2D eigenvalue weighted by atomic mass is 16.5. The van der Waals surface area contributed by atoms with Crippen LogP contribution < -0.4 is 5.73 Å². The van der Waals surface area contributed by atoms with Crippen LogP contribution in [0.25, 0.3) is 0 Å². The van der Waals surface area contributed by atoms with Crippen LogP contribution in [0.3, 0.4) is 0 Å². The van der Waals surface area contributed by atoms with Crippen molar-refractivity contribution in [2.45, 2.75) is 33.3 Å². The molecule has 1 aromatic carbocycles. The van der Waals surface area contributed by atoms with Crippen molar-refractivity contribution in [1.82, 2.24) is 0 Å². The molecule has 0 saturated heterocycles. The van der Waals surface area contributed by atoms with Crippen LogP contribution in [0.15, 0.2) is 24.3 Å². The smallest absolute Gasteiger partial charge is 0.122 e. The predicted octanol–water partition coefficient (Wildman–Crippen LogP) is 2.92. The Hall–Kier alpha value is -1.35. The van der Waals surface area contributed by atoms with Gasteiger partial charge in [0.15, 0.2) is 0 Å². The zero-order valence-electron chi connectivity index (χ0n) is 10.7. The summed E-state index contributed by atoms with van der Waals surface area (Å²) in [6, 6.07) is 7.63. The molecule has 1 aromatic rings. The maximum Gasteiger partial charge on any atom is 0.122 e. The van der Waals surface area contributed by atoms with Gasteiger partial charge in [-0.2, -0.15) is 0 Å². The lowest BCUT2D eigenvalue weighted by Gasteiger charge is -2.10. The van der Waals surface area contributed by atoms with Crippen molar-refractivity contribution in [3.63, 3.8) is 0 Å². The Bertz CT molecular complexity index is 346. The number of rotatable bonds is 7. The number of nitrogen functional groups attached to an aromatic ring is 1. The van der Waals surface area contributed by atoms with Gasteiger partial charge in [-0.05, 0) is 17.9 Å². The molecule has 0 amide bonds. The molecule has 1 unspecified atom stereocenters. The molecule has 0 aliphatic heterocycles. The van der Waals surface area contributed by atoms with Gasteiger partial charge in [0.1, 0.15) is 5.84 Å². The van der Waals surface area contributed by atoms with Crippen LogP contribution in [0, 0.1) is 11.3 Å². The normalized spacial score (nSPS) is 12.4. The second-order valence-corrected chi connectivity index (χ2v) is 4.52. The Kier molecular flexibility index (Phi) is 5.70. The fraction of sp³-hybridized carbons (Fsp3) is 0.500. The molecular weight excluding hydrogens is 212 g/mol. The average molecular weight is 234 g/mol. The molecule has 0 heterocycles. The van der Waals surface area contributed by atoms with Crippen LogP contribution in [0.2, 0.25) is 0 Å². The van der Waals surface area contributed by atoms with Crippen LogP contribution in [-0.4, -0.2) is 12.4 Å². The first-order valence-electron chi connectivity index (χ1n) is 6.14. The first kappa shape index (κ1) is 13.7. The van der Waals surface area contributed by atoms with E-state index in [4.69, 9.17) is 15.9 Å². The molecule has 0 fully saturated rings. The van der Waals surface area contributed by atoms with Crippen LogP contribution in [0.5, 0.6) is 0 Å². The molecule has 0 bridgehead atoms. The first-order chi connectivity index (χ1) is 8.13. The SMILES string of the molecule is CCCC(C)COCc1ccc(C(=N)N)cc1. The van der Waals surface area contributed by atoms with Gasteiger partial charge in [0.25, 0.3) is 0 Å². The Balaban J connectivity index is 2.34. The second-order valence-electron chi connectivity index (χ2n) is 4.52. The van der Waals surface area contributed by atoms with E-state index in [0.717, 1.165) is 17.7 Å². The molecule has 0 aliphatic rings. The fourth-order valence-corrected chi connectivity index (χ4v) is 1.73. The summed E-state index contributed by atoms with van der Waals surface area (Å²) >= 11 is 0. The molecule has 0 saturated carbocycles. The Labute approximate surface area is 103 Å². The topological polar surface area (TPSA) is 59.1 Å². The molecule has 0 aliphatic carbocycles. The van der Waals surface area contributed by atoms with E-state index in [-0.39, 0.29) is 5.84 Å². The quantitative estimate of drug-likeness (QED) is 0.563. The highest BCUT2D eigenvalue weighted by molar-refractivity contribution is 5.94. The summed E-state index contributed by atoms with van der Waals surface area (Å²) in [4.78, 5) is 0. The monoisotopic (exact) mass is 234 g/mol. The van der Waals surface area contributed by atoms with Crippen molar-refractivity contribution < 1.29 is 4.74 Å². The molecule has 0 radical (unpaired) electrons. The van der Waals surface area contributed by atoms with Gasteiger partial charge in [-0.15, -0.1) is 0 Å². The van der Waals surface area contributed by atoms with Crippen molar-refractivity contribution in [3.05, 3.63) is 35.4 Å². The van der Waals surface area contributed by atoms with Crippen LogP contribution in [-0.2, 0) is 11.3 Å². The largest absolute Gasteiger partial charge is 0.384 e. The van der Waals surface area contributed by atoms with Crippen LogP contribution in [0.4, 0.5) is 0 Å². The standard InChI is InChI=1S/C14H22N2O/c1-3-4-11(2)9-17-10-12-5-7-13(8-6-12)14(15)16/h5-8,11H,3-4,9-10H2,1-2H3,(H3,15,16). The minimum atomic E-state index is 0.106. The summed E-state index contributed by atoms with van der Waals surface area (Å²) in [5.74, 6) is 0.727. The molecule has 0 spiro atoms. The highest BCUT2D eigenvalue weighted by Crippen LogP contribution is 2.09. The maximum absolute atomic E-state index is 7.29. The van der Waals surface area contributed by atoms with Gasteiger partial charge < -0.3 is 10.5 Å². The molecule has 0 aromatic heterocycles. The van der Waals surface area contributed by atoms with Crippen molar-refractivity contribution >= 4 is 5.84 Å². The minimum absolute atomic E-state index is 0.106. The van der Waals surface area contributed by atoms with Gasteiger partial charge in [-0.3, -0.25) is 5.41 Å². The summed E-state index contributed by atoms with van der Waals surface area (Å²) in [5, 5.41) is 7.29. The average Bonchev–Trinajstić information content (AvgIpc) is 2.30. The van der Waals surface area contributed by atoms with E-state index in [1.807, 2.05) is 24.3 Å². The molecule has 1 atom stereocenters. The molecule has 94 valence electrons. The van der Waals surface area contributed by atoms with Gasteiger partial charge in [-0.25, -0.2) is 0 Å². The van der Waals surface area contributed by atoms with Crippen molar-refractivity contribution in [3.8, 4) is 0 Å². The molecule has 3 N–H and O–H groups in total. The van der Waals surface area contributed by atoms with Crippen LogP contribution >= 0.6 is 0 Å². The lowest BCUT2D eigenvalue weighted by Crippen LogP contribution is -2.11. The molecule has 3 nitrogen and oxygen atoms in total. The summed E-state index contributed by atoms with van der Waals surface area (Å²) in [6.45, 7) is 5.84. The predicted molar refractivity (Wildman–Crippen MR) is 71.2 cm³/mol. The molecule has 3 heteroatoms. The number of benzene rings is 1. The van der Waals surface area contributed by atoms with Crippen molar-refractivity contribution in [1.29, 1.82) is 5.41 Å². The third-order valence-corrected chi connectivity index (χ3v) is 2.72. The van der Waals surface area contributed by atoms with E-state index in [2.05, 4.69) is 13.8 Å². The number of nitrogens with two attached hydrogens (primary N) is 1. The van der Waals surface area contributed by atoms with Gasteiger partial charge in [0, 0.05) is 12.2 Å². The number of ether oxygens (including phenoxy) is 1. The lowest BCUT2D eigenvalue weighted by molar-refractivity contribution is 0.0893. The van der Waals surface area contributed by atoms with Gasteiger partial charge in [0.2, 0.25) is 0 Å². The molecule has 1 rings (SSSR count). The van der Waals surface area contributed by atoms with E-state index >= 15 is 0 Å². The Morgan fingerprint density at radius 3 is 2.53 bits per heavy atom. The van der Waals surface area contributed by atoms with Crippen molar-refractivity contribution in [2.75, 3.05) is 6.61 Å². The van der Waals surface area contributed by atoms with Gasteiger partial charge in [-0.1, -0.05) is 44.5 Å². The summed E-state index contributed by atoms with van der Waals surface area (Å²) < 4.78 is 5.65. The maximum atomic E-state index is 7.29. The third kappa shape index (κ3) is 5.00. The number of hydrogen-bond donors (Lipinski definition) is 2. The number of nitrogens with one attached hydrogen (secondary N) is 1. The zero-order valence-corrected chi connectivity index (χ0v) is 10.7. The minimum Gasteiger partial charge on any atom is -0.384 e. The third-order valence-electron chi connectivity index (χ3n) is 2.72. The van der Waals surface area contributed by atoms with E-state index in [1.165, 1.54) is 12.8 Å². The van der Waals surface area contributed by atoms with Gasteiger partial charge >= 0.3 is 0 Å². The lowest BCUT2D eigenvalue weighted by atomic mass is 10.1. The molecule has 17 heavy (non-hydrogen) atoms. The zero-order chi connectivity index (χ0) is 12.7. The highest BCUT2D eigenvalue weighted by Gasteiger charge is 2.01.